The predicted octanol–water partition coefficient (Wildman–Crippen LogP) is 2.25. The minimum Gasteiger partial charge on any atom is -0.497 e. The lowest BCUT2D eigenvalue weighted by molar-refractivity contribution is 0.361. The summed E-state index contributed by atoms with van der Waals surface area (Å²) in [7, 11) is 3.40. The van der Waals surface area contributed by atoms with Crippen molar-refractivity contribution in [2.75, 3.05) is 27.3 Å². The first kappa shape index (κ1) is 12.2. The van der Waals surface area contributed by atoms with Gasteiger partial charge in [-0.3, -0.25) is 0 Å². The van der Waals surface area contributed by atoms with Crippen LogP contribution in [0.5, 0.6) is 11.5 Å². The van der Waals surface area contributed by atoms with Crippen LogP contribution in [0.15, 0.2) is 18.2 Å². The average molecular weight is 235 g/mol. The first-order chi connectivity index (χ1) is 8.33. The molecule has 0 aliphatic carbocycles. The lowest BCUT2D eigenvalue weighted by Gasteiger charge is -2.23. The average Bonchev–Trinajstić information content (AvgIpc) is 2.40. The molecule has 0 bridgehead atoms. The van der Waals surface area contributed by atoms with Crippen molar-refractivity contribution < 1.29 is 9.47 Å². The van der Waals surface area contributed by atoms with Gasteiger partial charge in [-0.2, -0.15) is 0 Å². The molecule has 0 spiro atoms. The minimum atomic E-state index is 0.728. The van der Waals surface area contributed by atoms with Crippen LogP contribution in [0, 0.1) is 5.92 Å². The molecule has 2 rings (SSSR count). The molecule has 1 aromatic carbocycles. The van der Waals surface area contributed by atoms with Crippen LogP contribution < -0.4 is 14.8 Å². The molecule has 1 fully saturated rings. The lowest BCUT2D eigenvalue weighted by atomic mass is 9.92. The zero-order valence-corrected chi connectivity index (χ0v) is 10.7. The summed E-state index contributed by atoms with van der Waals surface area (Å²) in [5.74, 6) is 2.52. The number of hydrogen-bond acceptors (Lipinski definition) is 3. The molecule has 1 aliphatic rings. The van der Waals surface area contributed by atoms with Gasteiger partial charge in [0.1, 0.15) is 11.5 Å². The van der Waals surface area contributed by atoms with Gasteiger partial charge >= 0.3 is 0 Å². The van der Waals surface area contributed by atoms with Crippen molar-refractivity contribution in [3.8, 4) is 11.5 Å². The Hall–Kier alpha value is -1.22. The molecule has 1 N–H and O–H groups in total. The Kier molecular flexibility index (Phi) is 4.26. The maximum absolute atomic E-state index is 5.43. The van der Waals surface area contributed by atoms with E-state index >= 15 is 0 Å². The first-order valence-corrected chi connectivity index (χ1v) is 6.25. The molecule has 17 heavy (non-hydrogen) atoms. The van der Waals surface area contributed by atoms with E-state index in [0.717, 1.165) is 36.9 Å². The Morgan fingerprint density at radius 2 is 2.18 bits per heavy atom. The number of hydrogen-bond donors (Lipinski definition) is 1. The number of rotatable bonds is 4. The molecule has 1 saturated heterocycles. The third kappa shape index (κ3) is 3.13. The molecule has 3 nitrogen and oxygen atoms in total. The molecule has 0 radical (unpaired) electrons. The number of nitrogens with one attached hydrogen (secondary N) is 1. The number of benzene rings is 1. The van der Waals surface area contributed by atoms with Crippen molar-refractivity contribution in [1.82, 2.24) is 5.32 Å². The molecule has 0 aromatic heterocycles. The minimum absolute atomic E-state index is 0.728. The summed E-state index contributed by atoms with van der Waals surface area (Å²) in [6, 6.07) is 6.09. The van der Waals surface area contributed by atoms with E-state index in [2.05, 4.69) is 11.4 Å². The fourth-order valence-corrected chi connectivity index (χ4v) is 2.43. The highest BCUT2D eigenvalue weighted by molar-refractivity contribution is 5.41. The van der Waals surface area contributed by atoms with E-state index in [0.29, 0.717) is 0 Å². The van der Waals surface area contributed by atoms with Crippen molar-refractivity contribution >= 4 is 0 Å². The van der Waals surface area contributed by atoms with Gasteiger partial charge in [-0.25, -0.2) is 0 Å². The second-order valence-electron chi connectivity index (χ2n) is 4.59. The van der Waals surface area contributed by atoms with Crippen molar-refractivity contribution in [2.45, 2.75) is 19.3 Å². The molecule has 0 amide bonds. The second-order valence-corrected chi connectivity index (χ2v) is 4.59. The number of methoxy groups -OCH3 is 2. The first-order valence-electron chi connectivity index (χ1n) is 6.25. The normalized spacial score (nSPS) is 20.0. The molecule has 1 atom stereocenters. The molecule has 1 aliphatic heterocycles. The molecule has 0 saturated carbocycles. The van der Waals surface area contributed by atoms with Gasteiger partial charge in [-0.1, -0.05) is 6.07 Å². The highest BCUT2D eigenvalue weighted by atomic mass is 16.5. The van der Waals surface area contributed by atoms with Crippen LogP contribution in [0.25, 0.3) is 0 Å². The fraction of sp³-hybridized carbons (Fsp3) is 0.571. The summed E-state index contributed by atoms with van der Waals surface area (Å²) in [6.45, 7) is 2.28. The quantitative estimate of drug-likeness (QED) is 0.868. The predicted molar refractivity (Wildman–Crippen MR) is 68.8 cm³/mol. The molecular formula is C14H21NO2. The molecule has 3 heteroatoms. The Balaban J connectivity index is 2.08. The van der Waals surface area contributed by atoms with Crippen molar-refractivity contribution in [3.63, 3.8) is 0 Å². The Bertz CT molecular complexity index is 359. The maximum atomic E-state index is 5.43. The van der Waals surface area contributed by atoms with Crippen LogP contribution in [0.3, 0.4) is 0 Å². The topological polar surface area (TPSA) is 30.5 Å². The van der Waals surface area contributed by atoms with E-state index in [-0.39, 0.29) is 0 Å². The molecule has 1 unspecified atom stereocenters. The van der Waals surface area contributed by atoms with E-state index in [1.807, 2.05) is 12.1 Å². The summed E-state index contributed by atoms with van der Waals surface area (Å²) in [4.78, 5) is 0. The molecule has 94 valence electrons. The zero-order valence-electron chi connectivity index (χ0n) is 10.7. The van der Waals surface area contributed by atoms with Gasteiger partial charge < -0.3 is 14.8 Å². The third-order valence-electron chi connectivity index (χ3n) is 3.40. The van der Waals surface area contributed by atoms with Gasteiger partial charge in [0.15, 0.2) is 0 Å². The van der Waals surface area contributed by atoms with Gasteiger partial charge in [0, 0.05) is 6.07 Å². The highest BCUT2D eigenvalue weighted by Gasteiger charge is 2.15. The van der Waals surface area contributed by atoms with Crippen LogP contribution in [-0.4, -0.2) is 27.3 Å². The van der Waals surface area contributed by atoms with Crippen molar-refractivity contribution in [2.24, 2.45) is 5.92 Å². The Morgan fingerprint density at radius 3 is 2.82 bits per heavy atom. The summed E-state index contributed by atoms with van der Waals surface area (Å²) in [5.41, 5.74) is 1.28. The standard InChI is InChI=1S/C14H21NO2/c1-16-13-6-5-12(14(9-13)17-2)8-11-4-3-7-15-10-11/h5-6,9,11,15H,3-4,7-8,10H2,1-2H3. The van der Waals surface area contributed by atoms with Gasteiger partial charge in [0.05, 0.1) is 14.2 Å². The van der Waals surface area contributed by atoms with Gasteiger partial charge in [-0.05, 0) is 49.9 Å². The third-order valence-corrected chi connectivity index (χ3v) is 3.40. The molecule has 1 heterocycles. The highest BCUT2D eigenvalue weighted by Crippen LogP contribution is 2.28. The van der Waals surface area contributed by atoms with Crippen molar-refractivity contribution in [3.05, 3.63) is 23.8 Å². The van der Waals surface area contributed by atoms with Crippen LogP contribution in [0.1, 0.15) is 18.4 Å². The second kappa shape index (κ2) is 5.92. The molecule has 1 aromatic rings. The fourth-order valence-electron chi connectivity index (χ4n) is 2.43. The Morgan fingerprint density at radius 1 is 1.29 bits per heavy atom. The number of piperidine rings is 1. The van der Waals surface area contributed by atoms with Crippen LogP contribution >= 0.6 is 0 Å². The van der Waals surface area contributed by atoms with E-state index < -0.39 is 0 Å². The van der Waals surface area contributed by atoms with E-state index in [9.17, 15) is 0 Å². The largest absolute Gasteiger partial charge is 0.497 e. The zero-order chi connectivity index (χ0) is 12.1. The molecular weight excluding hydrogens is 214 g/mol. The van der Waals surface area contributed by atoms with E-state index in [4.69, 9.17) is 9.47 Å². The van der Waals surface area contributed by atoms with E-state index in [1.54, 1.807) is 14.2 Å². The lowest BCUT2D eigenvalue weighted by Crippen LogP contribution is -2.30. The summed E-state index contributed by atoms with van der Waals surface area (Å²) in [5, 5.41) is 3.45. The van der Waals surface area contributed by atoms with Crippen LogP contribution in [0.4, 0.5) is 0 Å². The van der Waals surface area contributed by atoms with Gasteiger partial charge in [0.2, 0.25) is 0 Å². The van der Waals surface area contributed by atoms with Crippen LogP contribution in [-0.2, 0) is 6.42 Å². The van der Waals surface area contributed by atoms with Gasteiger partial charge in [-0.15, -0.1) is 0 Å². The Labute approximate surface area is 103 Å². The number of ether oxygens (including phenoxy) is 2. The summed E-state index contributed by atoms with van der Waals surface area (Å²) >= 11 is 0. The van der Waals surface area contributed by atoms with Crippen LogP contribution in [0.2, 0.25) is 0 Å². The maximum Gasteiger partial charge on any atom is 0.125 e. The van der Waals surface area contributed by atoms with Gasteiger partial charge in [0.25, 0.3) is 0 Å². The summed E-state index contributed by atoms with van der Waals surface area (Å²) in [6.07, 6.45) is 3.67. The van der Waals surface area contributed by atoms with Crippen molar-refractivity contribution in [1.29, 1.82) is 0 Å². The SMILES string of the molecule is COc1ccc(CC2CCCNC2)c(OC)c1. The smallest absolute Gasteiger partial charge is 0.125 e. The monoisotopic (exact) mass is 235 g/mol. The van der Waals surface area contributed by atoms with E-state index in [1.165, 1.54) is 18.4 Å². The summed E-state index contributed by atoms with van der Waals surface area (Å²) < 4.78 is 10.6.